The second-order valence-electron chi connectivity index (χ2n) is 8.66. The first-order valence-electron chi connectivity index (χ1n) is 11.7. The average Bonchev–Trinajstić information content (AvgIpc) is 3.71. The molecule has 0 unspecified atom stereocenters. The topological polar surface area (TPSA) is 119 Å². The molecule has 1 fully saturated rings. The lowest BCUT2D eigenvalue weighted by atomic mass is 9.98. The van der Waals surface area contributed by atoms with Crippen molar-refractivity contribution in [2.45, 2.75) is 32.6 Å². The maximum Gasteiger partial charge on any atom is 0.336 e. The van der Waals surface area contributed by atoms with Gasteiger partial charge in [0.1, 0.15) is 12.4 Å². The molecule has 0 saturated heterocycles. The van der Waals surface area contributed by atoms with Crippen molar-refractivity contribution < 1.29 is 24.2 Å². The Labute approximate surface area is 226 Å². The third-order valence-corrected chi connectivity index (χ3v) is 6.59. The van der Waals surface area contributed by atoms with E-state index in [9.17, 15) is 14.4 Å². The highest BCUT2D eigenvalue weighted by Crippen LogP contribution is 2.35. The zero-order chi connectivity index (χ0) is 26.9. The lowest BCUT2D eigenvalue weighted by Crippen LogP contribution is -2.19. The van der Waals surface area contributed by atoms with E-state index in [0.717, 1.165) is 24.0 Å². The molecule has 9 heteroatoms. The molecule has 0 bridgehead atoms. The Morgan fingerprint density at radius 3 is 2.65 bits per heavy atom. The van der Waals surface area contributed by atoms with Crippen molar-refractivity contribution in [1.82, 2.24) is 0 Å². The fourth-order valence-electron chi connectivity index (χ4n) is 3.84. The van der Waals surface area contributed by atoms with E-state index in [1.807, 2.05) is 19.1 Å². The number of ketones is 1. The van der Waals surface area contributed by atoms with E-state index in [1.54, 1.807) is 30.3 Å². The number of Topliss-reactive ketones (excluding diaryl/α,β-unsaturated/α-hetero) is 1. The van der Waals surface area contributed by atoms with E-state index in [-0.39, 0.29) is 23.9 Å². The minimum absolute atomic E-state index is 0.0274. The van der Waals surface area contributed by atoms with Crippen LogP contribution in [0.25, 0.3) is 5.70 Å². The maximum atomic E-state index is 13.1. The molecule has 1 aliphatic rings. The number of allylic oxidation sites excluding steroid dienone is 1. The molecule has 0 atom stereocenters. The summed E-state index contributed by atoms with van der Waals surface area (Å²) in [6, 6.07) is 10.7. The van der Waals surface area contributed by atoms with Crippen LogP contribution in [0.4, 0.5) is 5.69 Å². The lowest BCUT2D eigenvalue weighted by molar-refractivity contribution is -0.132. The lowest BCUT2D eigenvalue weighted by Gasteiger charge is -2.16. The smallest absolute Gasteiger partial charge is 0.336 e. The number of nitrogens with two attached hydrogens (primary N) is 1. The van der Waals surface area contributed by atoms with Crippen LogP contribution in [0, 0.1) is 12.8 Å². The number of thiol groups is 1. The largest absolute Gasteiger partial charge is 0.489 e. The fourth-order valence-corrected chi connectivity index (χ4v) is 4.36. The number of amides is 1. The van der Waals surface area contributed by atoms with Crippen molar-refractivity contribution >= 4 is 53.8 Å². The average molecular weight is 541 g/mol. The molecule has 2 aromatic carbocycles. The van der Waals surface area contributed by atoms with E-state index in [1.165, 1.54) is 11.5 Å². The molecule has 0 aliphatic heterocycles. The number of hydrogen-bond donors (Lipinski definition) is 4. The Kier molecular flexibility index (Phi) is 10.00. The van der Waals surface area contributed by atoms with Gasteiger partial charge in [0.15, 0.2) is 5.78 Å². The molecule has 4 N–H and O–H groups in total. The summed E-state index contributed by atoms with van der Waals surface area (Å²) in [4.78, 5) is 35.3. The number of benzene rings is 2. The van der Waals surface area contributed by atoms with Gasteiger partial charge in [0.2, 0.25) is 6.41 Å². The van der Waals surface area contributed by atoms with Gasteiger partial charge in [-0.25, -0.2) is 4.79 Å². The molecule has 1 saturated carbocycles. The summed E-state index contributed by atoms with van der Waals surface area (Å²) in [5, 5.41) is 13.4. The molecule has 7 nitrogen and oxygen atoms in total. The molecule has 0 spiro atoms. The standard InChI is InChI=1S/C28H29ClN2O5S/c1-17-5-4-8-23(29)25(17)26(30)22(27(33)18-9-10-18)14-36-21-11-12-24(31-16-32)19(13-21)6-2-3-7-20(15-37)28(34)35/h3-5,7-8,11-13,15-16,18,37H,2,6,9-10,14,30H2,1H3,(H,31,32)(H,34,35)/b7-3+,20-15+,26-22?. The summed E-state index contributed by atoms with van der Waals surface area (Å²) in [5.74, 6) is -0.654. The van der Waals surface area contributed by atoms with Gasteiger partial charge in [-0.3, -0.25) is 9.59 Å². The SMILES string of the molecule is Cc1cccc(Cl)c1C(N)=C(COc1ccc(NC=O)c(CC/C=C/C(=C\S)C(=O)O)c1)C(=O)C1CC1. The number of carbonyl (C=O) groups excluding carboxylic acids is 2. The van der Waals surface area contributed by atoms with Crippen LogP contribution >= 0.6 is 24.2 Å². The third-order valence-electron chi connectivity index (χ3n) is 6.00. The van der Waals surface area contributed by atoms with Gasteiger partial charge in [-0.15, -0.1) is 0 Å². The highest BCUT2D eigenvalue weighted by atomic mass is 35.5. The van der Waals surface area contributed by atoms with E-state index in [4.69, 9.17) is 27.2 Å². The fraction of sp³-hybridized carbons (Fsp3) is 0.250. The van der Waals surface area contributed by atoms with Gasteiger partial charge in [0.05, 0.1) is 21.9 Å². The first-order chi connectivity index (χ1) is 17.8. The quantitative estimate of drug-likeness (QED) is 0.118. The van der Waals surface area contributed by atoms with Crippen LogP contribution in [0.3, 0.4) is 0 Å². The maximum absolute atomic E-state index is 13.1. The minimum Gasteiger partial charge on any atom is -0.489 e. The van der Waals surface area contributed by atoms with Gasteiger partial charge in [0, 0.05) is 17.2 Å². The first kappa shape index (κ1) is 28.1. The number of ether oxygens (including phenoxy) is 1. The van der Waals surface area contributed by atoms with Crippen LogP contribution in [-0.2, 0) is 20.8 Å². The Hall–Kier alpha value is -3.49. The van der Waals surface area contributed by atoms with E-state index in [0.29, 0.717) is 52.5 Å². The summed E-state index contributed by atoms with van der Waals surface area (Å²) < 4.78 is 6.02. The Morgan fingerprint density at radius 1 is 1.27 bits per heavy atom. The van der Waals surface area contributed by atoms with Crippen LogP contribution in [0.15, 0.2) is 65.1 Å². The van der Waals surface area contributed by atoms with Gasteiger partial charge in [-0.05, 0) is 73.4 Å². The van der Waals surface area contributed by atoms with E-state index in [2.05, 4.69) is 17.9 Å². The highest BCUT2D eigenvalue weighted by Gasteiger charge is 2.33. The molecule has 0 heterocycles. The number of nitrogens with one attached hydrogen (secondary N) is 1. The van der Waals surface area contributed by atoms with Crippen LogP contribution in [0.1, 0.15) is 36.0 Å². The number of hydrogen-bond acceptors (Lipinski definition) is 6. The summed E-state index contributed by atoms with van der Waals surface area (Å²) in [5.41, 5.74) is 10.1. The second-order valence-corrected chi connectivity index (χ2v) is 9.33. The monoisotopic (exact) mass is 540 g/mol. The molecule has 0 radical (unpaired) electrons. The van der Waals surface area contributed by atoms with Gasteiger partial charge < -0.3 is 20.9 Å². The summed E-state index contributed by atoms with van der Waals surface area (Å²) in [7, 11) is 0. The summed E-state index contributed by atoms with van der Waals surface area (Å²) in [6.07, 6.45) is 6.45. The van der Waals surface area contributed by atoms with Crippen molar-refractivity contribution in [3.05, 3.63) is 86.8 Å². The Bertz CT molecular complexity index is 1260. The Balaban J connectivity index is 1.83. The molecule has 37 heavy (non-hydrogen) atoms. The van der Waals surface area contributed by atoms with E-state index >= 15 is 0 Å². The van der Waals surface area contributed by atoms with Gasteiger partial charge >= 0.3 is 5.97 Å². The number of carbonyl (C=O) groups is 3. The van der Waals surface area contributed by atoms with Crippen LogP contribution in [-0.4, -0.2) is 29.9 Å². The molecule has 194 valence electrons. The second kappa shape index (κ2) is 13.2. The Morgan fingerprint density at radius 2 is 2.03 bits per heavy atom. The minimum atomic E-state index is -1.07. The number of carboxylic acid groups (broad SMARTS) is 1. The highest BCUT2D eigenvalue weighted by molar-refractivity contribution is 7.83. The number of aryl methyl sites for hydroxylation is 2. The van der Waals surface area contributed by atoms with Crippen molar-refractivity contribution in [2.75, 3.05) is 11.9 Å². The summed E-state index contributed by atoms with van der Waals surface area (Å²) in [6.45, 7) is 1.86. The van der Waals surface area contributed by atoms with Crippen molar-refractivity contribution in [2.24, 2.45) is 11.7 Å². The predicted octanol–water partition coefficient (Wildman–Crippen LogP) is 5.33. The molecule has 3 rings (SSSR count). The molecular formula is C28H29ClN2O5S. The van der Waals surface area contributed by atoms with Crippen LogP contribution < -0.4 is 15.8 Å². The number of halogens is 1. The molecule has 0 aromatic heterocycles. The van der Waals surface area contributed by atoms with E-state index < -0.39 is 5.97 Å². The molecule has 2 aromatic rings. The zero-order valence-corrected chi connectivity index (χ0v) is 22.0. The normalized spacial score (nSPS) is 14.3. The number of rotatable bonds is 13. The van der Waals surface area contributed by atoms with Crippen LogP contribution in [0.5, 0.6) is 5.75 Å². The summed E-state index contributed by atoms with van der Waals surface area (Å²) >= 11 is 10.3. The predicted molar refractivity (Wildman–Crippen MR) is 149 cm³/mol. The zero-order valence-electron chi connectivity index (χ0n) is 20.4. The molecular weight excluding hydrogens is 512 g/mol. The van der Waals surface area contributed by atoms with Crippen molar-refractivity contribution in [3.8, 4) is 5.75 Å². The molecule has 1 amide bonds. The van der Waals surface area contributed by atoms with Crippen LogP contribution in [0.2, 0.25) is 5.02 Å². The number of anilines is 1. The number of aliphatic carboxylic acids is 1. The van der Waals surface area contributed by atoms with Gasteiger partial charge in [-0.1, -0.05) is 35.9 Å². The first-order valence-corrected chi connectivity index (χ1v) is 12.6. The van der Waals surface area contributed by atoms with Crippen molar-refractivity contribution in [3.63, 3.8) is 0 Å². The molecule has 1 aliphatic carbocycles. The van der Waals surface area contributed by atoms with Crippen molar-refractivity contribution in [1.29, 1.82) is 0 Å². The van der Waals surface area contributed by atoms with Gasteiger partial charge in [0.25, 0.3) is 0 Å². The third kappa shape index (κ3) is 7.50. The number of carboxylic acids is 1. The van der Waals surface area contributed by atoms with Gasteiger partial charge in [-0.2, -0.15) is 12.6 Å².